The number of cyclic esters (lactones) is 1. The van der Waals surface area contributed by atoms with E-state index in [1.165, 1.54) is 40.2 Å². The van der Waals surface area contributed by atoms with Gasteiger partial charge < -0.3 is 32.8 Å². The minimum atomic E-state index is -1.22. The molecule has 3 aliphatic carbocycles. The maximum absolute atomic E-state index is 13.7. The number of furan rings is 1. The summed E-state index contributed by atoms with van der Waals surface area (Å²) in [6.45, 7) is 15.3. The van der Waals surface area contributed by atoms with Gasteiger partial charge >= 0.3 is 29.8 Å². The van der Waals surface area contributed by atoms with Crippen LogP contribution in [0, 0.1) is 33.5 Å². The Morgan fingerprint density at radius 2 is 1.37 bits per heavy atom. The molecule has 3 saturated carbocycles. The van der Waals surface area contributed by atoms with Crippen molar-refractivity contribution in [3.63, 3.8) is 0 Å². The summed E-state index contributed by atoms with van der Waals surface area (Å²) in [5.74, 6) is -3.59. The van der Waals surface area contributed by atoms with Crippen LogP contribution in [-0.4, -0.2) is 66.0 Å². The molecule has 3 heterocycles. The van der Waals surface area contributed by atoms with E-state index < -0.39 is 99.6 Å². The molecule has 0 unspecified atom stereocenters. The molecular formula is C34H44O12. The Kier molecular flexibility index (Phi) is 7.28. The van der Waals surface area contributed by atoms with Crippen LogP contribution in [0.5, 0.6) is 0 Å². The summed E-state index contributed by atoms with van der Waals surface area (Å²) in [5, 5.41) is 0. The zero-order chi connectivity index (χ0) is 33.8. The zero-order valence-electron chi connectivity index (χ0n) is 27.9. The molecule has 6 rings (SSSR count). The van der Waals surface area contributed by atoms with Crippen molar-refractivity contribution >= 4 is 29.8 Å². The lowest BCUT2D eigenvalue weighted by Crippen LogP contribution is -2.78. The van der Waals surface area contributed by atoms with Crippen LogP contribution in [0.2, 0.25) is 0 Å². The lowest BCUT2D eigenvalue weighted by Gasteiger charge is -2.72. The molecule has 0 amide bonds. The van der Waals surface area contributed by atoms with Crippen molar-refractivity contribution in [3.05, 3.63) is 24.2 Å². The molecule has 12 nitrogen and oxygen atoms in total. The molecule has 2 saturated heterocycles. The summed E-state index contributed by atoms with van der Waals surface area (Å²) in [4.78, 5) is 64.5. The van der Waals surface area contributed by atoms with Crippen molar-refractivity contribution in [1.82, 2.24) is 0 Å². The van der Waals surface area contributed by atoms with Crippen LogP contribution in [0.3, 0.4) is 0 Å². The Morgan fingerprint density at radius 3 is 1.93 bits per heavy atom. The molecule has 0 radical (unpaired) electrons. The van der Waals surface area contributed by atoms with E-state index in [1.54, 1.807) is 6.07 Å². The Balaban J connectivity index is 1.62. The predicted molar refractivity (Wildman–Crippen MR) is 156 cm³/mol. The topological polar surface area (TPSA) is 157 Å². The summed E-state index contributed by atoms with van der Waals surface area (Å²) in [6, 6.07) is 1.73. The van der Waals surface area contributed by atoms with E-state index in [9.17, 15) is 24.0 Å². The minimum Gasteiger partial charge on any atom is -0.472 e. The first-order valence-corrected chi connectivity index (χ1v) is 15.9. The highest BCUT2D eigenvalue weighted by Gasteiger charge is 2.91. The first-order chi connectivity index (χ1) is 21.3. The molecule has 1 aromatic heterocycles. The smallest absolute Gasteiger partial charge is 0.339 e. The molecule has 1 spiro atoms. The van der Waals surface area contributed by atoms with Crippen molar-refractivity contribution < 1.29 is 56.8 Å². The van der Waals surface area contributed by atoms with Gasteiger partial charge in [-0.2, -0.15) is 0 Å². The van der Waals surface area contributed by atoms with Crippen LogP contribution in [0.1, 0.15) is 93.2 Å². The van der Waals surface area contributed by atoms with Crippen LogP contribution in [0.15, 0.2) is 23.0 Å². The van der Waals surface area contributed by atoms with E-state index in [0.717, 1.165) is 0 Å². The summed E-state index contributed by atoms with van der Waals surface area (Å²) < 4.78 is 42.5. The summed E-state index contributed by atoms with van der Waals surface area (Å²) in [6.07, 6.45) is -1.13. The molecule has 0 N–H and O–H groups in total. The number of hydrogen-bond donors (Lipinski definition) is 0. The van der Waals surface area contributed by atoms with Gasteiger partial charge in [0.25, 0.3) is 0 Å². The van der Waals surface area contributed by atoms with Crippen molar-refractivity contribution in [3.8, 4) is 0 Å². The number of ether oxygens (including phenoxy) is 6. The Hall–Kier alpha value is -3.41. The van der Waals surface area contributed by atoms with Gasteiger partial charge in [-0.05, 0) is 24.8 Å². The van der Waals surface area contributed by atoms with Crippen LogP contribution >= 0.6 is 0 Å². The highest BCUT2D eigenvalue weighted by atomic mass is 16.7. The quantitative estimate of drug-likeness (QED) is 0.256. The fourth-order valence-corrected chi connectivity index (χ4v) is 11.0. The van der Waals surface area contributed by atoms with Gasteiger partial charge in [-0.25, -0.2) is 4.79 Å². The highest BCUT2D eigenvalue weighted by molar-refractivity contribution is 5.82. The summed E-state index contributed by atoms with van der Waals surface area (Å²) >= 11 is 0. The number of carbonyl (C=O) groups excluding carboxylic acids is 5. The average Bonchev–Trinajstić information content (AvgIpc) is 3.50. The molecule has 5 aliphatic rings. The molecule has 12 heteroatoms. The van der Waals surface area contributed by atoms with E-state index in [1.807, 2.05) is 34.6 Å². The SMILES string of the molecule is CC(=O)O[C@H]1C[C@@]2(C)[C@H](c3ccoc3)OC(=O)[C@H]3O[C@]32[C@@]2(C)[C@H]1[C@@]1(C)[C@@H](OC(C)=O)C[C@@H](OC(C)=O)C(C)(C)[C@@H]1C[C@H]2OC(C)=O. The molecule has 2 aliphatic heterocycles. The molecule has 12 atom stereocenters. The number of carbonyl (C=O) groups is 5. The third kappa shape index (κ3) is 4.17. The molecule has 46 heavy (non-hydrogen) atoms. The first kappa shape index (κ1) is 32.5. The number of hydrogen-bond acceptors (Lipinski definition) is 12. The first-order valence-electron chi connectivity index (χ1n) is 15.9. The second kappa shape index (κ2) is 10.3. The van der Waals surface area contributed by atoms with Gasteiger partial charge in [-0.15, -0.1) is 0 Å². The van der Waals surface area contributed by atoms with E-state index in [2.05, 4.69) is 0 Å². The predicted octanol–water partition coefficient (Wildman–Crippen LogP) is 4.23. The largest absolute Gasteiger partial charge is 0.472 e. The number of rotatable bonds is 5. The van der Waals surface area contributed by atoms with Gasteiger partial charge in [-0.1, -0.05) is 34.6 Å². The fourth-order valence-electron chi connectivity index (χ4n) is 11.0. The van der Waals surface area contributed by atoms with Crippen molar-refractivity contribution in [2.75, 3.05) is 0 Å². The third-order valence-electron chi connectivity index (χ3n) is 12.4. The van der Waals surface area contributed by atoms with Gasteiger partial charge in [0.05, 0.1) is 12.5 Å². The molecule has 5 fully saturated rings. The molecule has 252 valence electrons. The maximum Gasteiger partial charge on any atom is 0.339 e. The number of fused-ring (bicyclic) bond motifs is 3. The number of esters is 5. The lowest BCUT2D eigenvalue weighted by molar-refractivity contribution is -0.320. The molecule has 0 aromatic carbocycles. The van der Waals surface area contributed by atoms with Crippen LogP contribution < -0.4 is 0 Å². The lowest BCUT2D eigenvalue weighted by atomic mass is 9.33. The monoisotopic (exact) mass is 644 g/mol. The average molecular weight is 645 g/mol. The standard InChI is InChI=1S/C34H44O12/c1-16(35)41-21-14-31(7)27(20-10-11-40-15-20)45-29(39)28-34(31,46-28)33(9)25(44-19(4)38)12-22-30(5,6)23(42-17(2)36)13-24(43-18(3)37)32(22,8)26(21)33/h10-11,15,21-28H,12-14H2,1-9H3/t21-,22-,23+,24-,25+,26+,27-,28+,31-,32+,33+,34+/m0/s1. The van der Waals surface area contributed by atoms with Crippen molar-refractivity contribution in [2.45, 2.75) is 124 Å². The van der Waals surface area contributed by atoms with Gasteiger partial charge in [0.15, 0.2) is 6.10 Å². The fraction of sp³-hybridized carbons (Fsp3) is 0.735. The van der Waals surface area contributed by atoms with E-state index >= 15 is 0 Å². The molecule has 0 bridgehead atoms. The Morgan fingerprint density at radius 1 is 0.783 bits per heavy atom. The van der Waals surface area contributed by atoms with E-state index in [-0.39, 0.29) is 25.2 Å². The number of epoxide rings is 1. The van der Waals surface area contributed by atoms with Gasteiger partial charge in [0.2, 0.25) is 0 Å². The zero-order valence-corrected chi connectivity index (χ0v) is 27.9. The third-order valence-corrected chi connectivity index (χ3v) is 12.4. The summed E-state index contributed by atoms with van der Waals surface area (Å²) in [7, 11) is 0. The van der Waals surface area contributed by atoms with E-state index in [0.29, 0.717) is 5.56 Å². The van der Waals surface area contributed by atoms with Crippen molar-refractivity contribution in [2.24, 2.45) is 33.5 Å². The Bertz CT molecular complexity index is 1470. The van der Waals surface area contributed by atoms with Crippen molar-refractivity contribution in [1.29, 1.82) is 0 Å². The van der Waals surface area contributed by atoms with Gasteiger partial charge in [0, 0.05) is 67.3 Å². The maximum atomic E-state index is 13.7. The summed E-state index contributed by atoms with van der Waals surface area (Å²) in [5.41, 5.74) is -4.36. The van der Waals surface area contributed by atoms with Crippen LogP contribution in [0.4, 0.5) is 0 Å². The second-order valence-electron chi connectivity index (χ2n) is 15.1. The molecule has 1 aromatic rings. The van der Waals surface area contributed by atoms with Gasteiger partial charge in [-0.3, -0.25) is 19.2 Å². The Labute approximate surface area is 268 Å². The normalized spacial score (nSPS) is 44.9. The van der Waals surface area contributed by atoms with Crippen LogP contribution in [0.25, 0.3) is 0 Å². The molecular weight excluding hydrogens is 600 g/mol. The highest BCUT2D eigenvalue weighted by Crippen LogP contribution is 2.81. The van der Waals surface area contributed by atoms with Crippen LogP contribution in [-0.2, 0) is 52.4 Å². The second-order valence-corrected chi connectivity index (χ2v) is 15.1. The van der Waals surface area contributed by atoms with Gasteiger partial charge in [0.1, 0.15) is 36.1 Å². The van der Waals surface area contributed by atoms with E-state index in [4.69, 9.17) is 32.8 Å². The minimum absolute atomic E-state index is 0.199.